The van der Waals surface area contributed by atoms with Crippen molar-refractivity contribution in [2.45, 2.75) is 59.6 Å². The first-order valence-electron chi connectivity index (χ1n) is 7.94. The summed E-state index contributed by atoms with van der Waals surface area (Å²) in [6.45, 7) is 8.10. The number of aromatic nitrogens is 1. The molecule has 0 fully saturated rings. The van der Waals surface area contributed by atoms with Gasteiger partial charge in [0.1, 0.15) is 0 Å². The molecule has 0 N–H and O–H groups in total. The van der Waals surface area contributed by atoms with Crippen LogP contribution in [0.2, 0.25) is 0 Å². The molecule has 0 aromatic carbocycles. The van der Waals surface area contributed by atoms with Gasteiger partial charge in [-0.15, -0.1) is 0 Å². The third-order valence-corrected chi connectivity index (χ3v) is 2.65. The summed E-state index contributed by atoms with van der Waals surface area (Å²) < 4.78 is 6.81. The molecule has 1 aliphatic carbocycles. The van der Waals surface area contributed by atoms with Crippen molar-refractivity contribution in [1.82, 2.24) is 4.57 Å². The van der Waals surface area contributed by atoms with Crippen molar-refractivity contribution in [3.8, 4) is 0 Å². The smallest absolute Gasteiger partial charge is 0.550 e. The minimum atomic E-state index is -1.08. The topological polar surface area (TPSA) is 152 Å². The molecular weight excluding hydrogens is 960 g/mol. The second-order valence-electron chi connectivity index (χ2n) is 5.28. The standard InChI is InChI=1S/C12H14NO2.3C2H4O2.3Hg/c1-9(15-10(2)14)13-8-7-11-5-3-4-6-12(11)13;3*1-2(3)4;;;/h9H,1,3-6H2,2H3;3*1H3,(H,3,4);;;/q;;;;3*+1/p-3. The van der Waals surface area contributed by atoms with Gasteiger partial charge in [0.25, 0.3) is 0 Å². The van der Waals surface area contributed by atoms with E-state index in [4.69, 9.17) is 34.4 Å². The van der Waals surface area contributed by atoms with Gasteiger partial charge < -0.3 is 34.4 Å². The van der Waals surface area contributed by atoms with Gasteiger partial charge in [0.2, 0.25) is 0 Å². The number of hydrogen-bond acceptors (Lipinski definition) is 8. The predicted molar refractivity (Wildman–Crippen MR) is 86.9 cm³/mol. The van der Waals surface area contributed by atoms with Gasteiger partial charge in [-0.3, -0.25) is 9.36 Å². The van der Waals surface area contributed by atoms with Crippen LogP contribution < -0.4 is 15.3 Å². The van der Waals surface area contributed by atoms with E-state index >= 15 is 0 Å². The van der Waals surface area contributed by atoms with E-state index in [-0.39, 0.29) is 89.0 Å². The van der Waals surface area contributed by atoms with Gasteiger partial charge in [-0.1, -0.05) is 0 Å². The molecule has 1 aliphatic rings. The average Bonchev–Trinajstić information content (AvgIpc) is 2.88. The molecule has 12 heteroatoms. The molecule has 0 saturated carbocycles. The van der Waals surface area contributed by atoms with Crippen LogP contribution in [0.4, 0.5) is 0 Å². The van der Waals surface area contributed by atoms with E-state index in [0.29, 0.717) is 0 Å². The summed E-state index contributed by atoms with van der Waals surface area (Å²) in [7, 11) is 0. The molecule has 0 aliphatic heterocycles. The maximum atomic E-state index is 10.8. The van der Waals surface area contributed by atoms with Gasteiger partial charge >= 0.3 is 89.0 Å². The number of nitrogens with zero attached hydrogens (tertiary/aromatic N) is 1. The van der Waals surface area contributed by atoms with Crippen molar-refractivity contribution in [2.24, 2.45) is 0 Å². The van der Waals surface area contributed by atoms with Crippen molar-refractivity contribution in [3.63, 3.8) is 0 Å². The first-order chi connectivity index (χ1) is 12.4. The Morgan fingerprint density at radius 3 is 1.63 bits per heavy atom. The molecule has 0 spiro atoms. The predicted octanol–water partition coefficient (Wildman–Crippen LogP) is -1.88. The van der Waals surface area contributed by atoms with Crippen molar-refractivity contribution in [3.05, 3.63) is 30.4 Å². The molecule has 1 aromatic rings. The van der Waals surface area contributed by atoms with Crippen molar-refractivity contribution in [1.29, 1.82) is 0 Å². The van der Waals surface area contributed by atoms with Crippen molar-refractivity contribution < 1.29 is 122 Å². The quantitative estimate of drug-likeness (QED) is 0.247. The van der Waals surface area contributed by atoms with Crippen molar-refractivity contribution >= 4 is 23.9 Å². The summed E-state index contributed by atoms with van der Waals surface area (Å²) in [5.74, 6) is -3.57. The maximum absolute atomic E-state index is 10.8. The van der Waals surface area contributed by atoms with E-state index in [1.165, 1.54) is 31.0 Å². The summed E-state index contributed by atoms with van der Waals surface area (Å²) in [5, 5.41) is 26.7. The minimum absolute atomic E-state index is 0. The van der Waals surface area contributed by atoms with Crippen LogP contribution in [-0.2, 0) is 120 Å². The van der Waals surface area contributed by atoms with Gasteiger partial charge in [0.05, 0.1) is 0 Å². The molecule has 0 amide bonds. The zero-order chi connectivity index (χ0) is 21.6. The third-order valence-electron chi connectivity index (χ3n) is 2.65. The van der Waals surface area contributed by atoms with E-state index in [1.807, 2.05) is 0 Å². The number of aliphatic carboxylic acids is 3. The van der Waals surface area contributed by atoms with Crippen LogP contribution in [0, 0.1) is 19.2 Å². The first kappa shape index (κ1) is 40.2. The Morgan fingerprint density at radius 2 is 1.27 bits per heavy atom. The van der Waals surface area contributed by atoms with Gasteiger partial charge in [-0.2, -0.15) is 0 Å². The second kappa shape index (κ2) is 23.4. The number of rotatable bonds is 2. The summed E-state index contributed by atoms with van der Waals surface area (Å²) in [5.41, 5.74) is 2.37. The molecular formula is C18H23Hg3NO8. The normalized spacial score (nSPS) is 10.7. The number of ether oxygens (including phenoxy) is 1. The summed E-state index contributed by atoms with van der Waals surface area (Å²) in [6, 6.07) is 3.09. The fraction of sp³-hybridized carbons (Fsp3) is 0.500. The van der Waals surface area contributed by atoms with E-state index < -0.39 is 24.1 Å². The van der Waals surface area contributed by atoms with Crippen LogP contribution >= 0.6 is 0 Å². The number of fused-ring (bicyclic) bond motifs is 1. The van der Waals surface area contributed by atoms with Crippen LogP contribution in [0.5, 0.6) is 0 Å². The first-order valence-corrected chi connectivity index (χ1v) is 7.94. The number of carbonyl (C=O) groups excluding carboxylic acids is 4. The molecule has 9 nitrogen and oxygen atoms in total. The third kappa shape index (κ3) is 25.8. The molecule has 154 valence electrons. The monoisotopic (exact) mass is 987 g/mol. The largest absolute Gasteiger partial charge is 1.00 e. The number of carbonyl (C=O) groups is 4. The fourth-order valence-electron chi connectivity index (χ4n) is 1.98. The van der Waals surface area contributed by atoms with Crippen LogP contribution in [0.1, 0.15) is 58.0 Å². The van der Waals surface area contributed by atoms with Crippen LogP contribution in [0.3, 0.4) is 0 Å². The van der Waals surface area contributed by atoms with E-state index in [2.05, 4.69) is 19.2 Å². The molecule has 1 atom stereocenters. The Labute approximate surface area is 238 Å². The Balaban J connectivity index is -0.000000118. The number of esters is 1. The Hall–Kier alpha value is -0.215. The second-order valence-corrected chi connectivity index (χ2v) is 5.28. The van der Waals surface area contributed by atoms with E-state index in [9.17, 15) is 4.79 Å². The molecule has 1 unspecified atom stereocenters. The molecule has 0 bridgehead atoms. The van der Waals surface area contributed by atoms with Gasteiger partial charge in [0, 0.05) is 49.2 Å². The number of hydrogen-bond donors (Lipinski definition) is 0. The van der Waals surface area contributed by atoms with Gasteiger partial charge in [-0.25, -0.2) is 0 Å². The molecule has 4 radical (unpaired) electrons. The van der Waals surface area contributed by atoms with E-state index in [1.54, 1.807) is 4.57 Å². The molecule has 0 saturated heterocycles. The van der Waals surface area contributed by atoms with Crippen LogP contribution in [-0.4, -0.2) is 28.4 Å². The molecule has 30 heavy (non-hydrogen) atoms. The summed E-state index contributed by atoms with van der Waals surface area (Å²) >= 11 is 0. The average molecular weight is 983 g/mol. The zero-order valence-corrected chi connectivity index (χ0v) is 34.4. The Bertz CT molecular complexity index is 594. The number of carboxylic acid groups (broad SMARTS) is 3. The molecule has 2 rings (SSSR count). The SMILES string of the molecule is CC(=O)[O-].CC(=O)[O-].CC(=O)[O-].[CH2]C(OC(C)=O)n1c#cc2c1CCCC2.[Hg+].[Hg+].[Hg+]. The Kier molecular flexibility index (Phi) is 31.4. The summed E-state index contributed by atoms with van der Waals surface area (Å²) in [6.07, 6.45) is 6.89. The van der Waals surface area contributed by atoms with Gasteiger partial charge in [0.15, 0.2) is 6.23 Å². The van der Waals surface area contributed by atoms with Gasteiger partial charge in [-0.05, 0) is 52.5 Å². The Morgan fingerprint density at radius 1 is 0.900 bits per heavy atom. The zero-order valence-electron chi connectivity index (χ0n) is 17.9. The van der Waals surface area contributed by atoms with Crippen LogP contribution in [0.25, 0.3) is 0 Å². The molecule has 1 aromatic heterocycles. The summed E-state index contributed by atoms with van der Waals surface area (Å²) in [4.78, 5) is 37.5. The maximum Gasteiger partial charge on any atom is 1.00 e. The minimum Gasteiger partial charge on any atom is -0.550 e. The van der Waals surface area contributed by atoms with E-state index in [0.717, 1.165) is 33.6 Å². The number of carboxylic acids is 3. The van der Waals surface area contributed by atoms with Crippen LogP contribution in [0.15, 0.2) is 0 Å². The molecule has 1 heterocycles. The van der Waals surface area contributed by atoms with Crippen molar-refractivity contribution in [2.75, 3.05) is 0 Å². The fourth-order valence-corrected chi connectivity index (χ4v) is 1.98.